The highest BCUT2D eigenvalue weighted by Gasteiger charge is 2.48. The number of thiazole rings is 1. The van der Waals surface area contributed by atoms with Gasteiger partial charge in [-0.05, 0) is 50.6 Å². The van der Waals surface area contributed by atoms with E-state index in [1.807, 2.05) is 51.1 Å². The Morgan fingerprint density at radius 3 is 2.35 bits per heavy atom. The molecule has 1 atom stereocenters. The fourth-order valence-electron chi connectivity index (χ4n) is 3.57. The number of benzene rings is 2. The molecule has 7 heteroatoms. The topological polar surface area (TPSA) is 79.7 Å². The number of amides is 1. The van der Waals surface area contributed by atoms with Gasteiger partial charge < -0.3 is 9.84 Å². The maximum Gasteiger partial charge on any atom is 0.301 e. The predicted molar refractivity (Wildman–Crippen MR) is 120 cm³/mol. The lowest BCUT2D eigenvalue weighted by atomic mass is 9.95. The van der Waals surface area contributed by atoms with Crippen molar-refractivity contribution in [1.82, 2.24) is 4.98 Å². The average Bonchev–Trinajstić information content (AvgIpc) is 3.24. The average molecular weight is 435 g/mol. The van der Waals surface area contributed by atoms with Gasteiger partial charge in [0.15, 0.2) is 5.13 Å². The predicted octanol–water partition coefficient (Wildman–Crippen LogP) is 4.78. The van der Waals surface area contributed by atoms with Crippen molar-refractivity contribution < 1.29 is 19.4 Å². The number of ether oxygens (including phenoxy) is 1. The van der Waals surface area contributed by atoms with Crippen LogP contribution in [-0.2, 0) is 9.59 Å². The molecule has 1 N–H and O–H groups in total. The summed E-state index contributed by atoms with van der Waals surface area (Å²) in [4.78, 5) is 33.0. The van der Waals surface area contributed by atoms with E-state index in [1.54, 1.807) is 24.3 Å². The fraction of sp³-hybridized carbons (Fsp3) is 0.208. The second kappa shape index (κ2) is 8.35. The first-order valence-electron chi connectivity index (χ1n) is 9.95. The summed E-state index contributed by atoms with van der Waals surface area (Å²) < 4.78 is 5.45. The number of anilines is 1. The van der Waals surface area contributed by atoms with Crippen LogP contribution in [0.4, 0.5) is 5.13 Å². The van der Waals surface area contributed by atoms with Crippen LogP contribution in [0.2, 0.25) is 0 Å². The molecule has 31 heavy (non-hydrogen) atoms. The van der Waals surface area contributed by atoms with E-state index >= 15 is 0 Å². The van der Waals surface area contributed by atoms with Crippen LogP contribution in [0, 0.1) is 13.8 Å². The third-order valence-corrected chi connectivity index (χ3v) is 6.29. The normalized spacial score (nSPS) is 17.9. The lowest BCUT2D eigenvalue weighted by Gasteiger charge is -2.23. The molecule has 0 radical (unpaired) electrons. The monoisotopic (exact) mass is 434 g/mol. The van der Waals surface area contributed by atoms with Crippen LogP contribution in [-0.4, -0.2) is 28.4 Å². The van der Waals surface area contributed by atoms with E-state index in [9.17, 15) is 14.7 Å². The lowest BCUT2D eigenvalue weighted by molar-refractivity contribution is -0.132. The number of aliphatic hydroxyl groups is 1. The van der Waals surface area contributed by atoms with Gasteiger partial charge in [0.2, 0.25) is 0 Å². The second-order valence-corrected chi connectivity index (χ2v) is 8.36. The number of rotatable bonds is 5. The summed E-state index contributed by atoms with van der Waals surface area (Å²) in [6.45, 7) is 6.20. The molecule has 1 fully saturated rings. The van der Waals surface area contributed by atoms with Gasteiger partial charge in [0.25, 0.3) is 5.78 Å². The van der Waals surface area contributed by atoms with Crippen LogP contribution in [0.25, 0.3) is 5.76 Å². The summed E-state index contributed by atoms with van der Waals surface area (Å²) in [7, 11) is 0. The van der Waals surface area contributed by atoms with Crippen molar-refractivity contribution in [2.45, 2.75) is 26.8 Å². The van der Waals surface area contributed by atoms with Crippen molar-refractivity contribution in [3.8, 4) is 5.75 Å². The summed E-state index contributed by atoms with van der Waals surface area (Å²) in [5.74, 6) is -0.989. The van der Waals surface area contributed by atoms with E-state index in [4.69, 9.17) is 4.74 Å². The molecule has 0 aliphatic carbocycles. The highest BCUT2D eigenvalue weighted by molar-refractivity contribution is 7.16. The minimum atomic E-state index is -0.766. The Hall–Kier alpha value is -3.45. The molecule has 3 aromatic rings. The number of aliphatic hydroxyl groups excluding tert-OH is 1. The van der Waals surface area contributed by atoms with Gasteiger partial charge >= 0.3 is 5.91 Å². The van der Waals surface area contributed by atoms with Gasteiger partial charge in [0.1, 0.15) is 11.5 Å². The molecular weight excluding hydrogens is 412 g/mol. The minimum absolute atomic E-state index is 0.0471. The molecule has 0 bridgehead atoms. The number of hydrogen-bond acceptors (Lipinski definition) is 6. The minimum Gasteiger partial charge on any atom is -0.507 e. The first kappa shape index (κ1) is 20.8. The molecule has 1 aromatic heterocycles. The number of ketones is 1. The standard InChI is InChI=1S/C24H22N2O4S/c1-4-30-18-12-10-17(11-13-18)21(27)19-20(16-8-6-5-7-9-16)26(23(29)22(19)28)24-25-14(2)15(3)31-24/h5-13,20,27H,4H2,1-3H3/b21-19+. The zero-order valence-electron chi connectivity index (χ0n) is 17.5. The zero-order chi connectivity index (χ0) is 22.1. The van der Waals surface area contributed by atoms with Crippen LogP contribution >= 0.6 is 11.3 Å². The van der Waals surface area contributed by atoms with Gasteiger partial charge in [0, 0.05) is 10.4 Å². The lowest BCUT2D eigenvalue weighted by Crippen LogP contribution is -2.29. The van der Waals surface area contributed by atoms with Crippen molar-refractivity contribution in [2.75, 3.05) is 11.5 Å². The molecule has 1 aliphatic rings. The first-order valence-corrected chi connectivity index (χ1v) is 10.8. The molecule has 2 aromatic carbocycles. The number of carbonyl (C=O) groups excluding carboxylic acids is 2. The molecule has 1 saturated heterocycles. The number of Topliss-reactive ketones (excluding diaryl/α,β-unsaturated/α-hetero) is 1. The van der Waals surface area contributed by atoms with Gasteiger partial charge in [-0.3, -0.25) is 14.5 Å². The summed E-state index contributed by atoms with van der Waals surface area (Å²) in [6.07, 6.45) is 0. The molecule has 2 heterocycles. The van der Waals surface area contributed by atoms with Gasteiger partial charge in [-0.15, -0.1) is 11.3 Å². The maximum atomic E-state index is 13.1. The zero-order valence-corrected chi connectivity index (χ0v) is 18.3. The fourth-order valence-corrected chi connectivity index (χ4v) is 4.51. The number of carbonyl (C=O) groups is 2. The largest absolute Gasteiger partial charge is 0.507 e. The number of hydrogen-bond donors (Lipinski definition) is 1. The van der Waals surface area contributed by atoms with Gasteiger partial charge in [-0.1, -0.05) is 30.3 Å². The maximum absolute atomic E-state index is 13.1. The van der Waals surface area contributed by atoms with Crippen molar-refractivity contribution >= 4 is 33.9 Å². The molecule has 0 spiro atoms. The Balaban J connectivity index is 1.88. The van der Waals surface area contributed by atoms with E-state index in [1.165, 1.54) is 16.2 Å². The highest BCUT2D eigenvalue weighted by Crippen LogP contribution is 2.43. The highest BCUT2D eigenvalue weighted by atomic mass is 32.1. The molecule has 1 unspecified atom stereocenters. The third-order valence-electron chi connectivity index (χ3n) is 5.22. The molecule has 158 valence electrons. The second-order valence-electron chi connectivity index (χ2n) is 7.18. The van der Waals surface area contributed by atoms with Gasteiger partial charge in [-0.25, -0.2) is 4.98 Å². The Morgan fingerprint density at radius 2 is 1.77 bits per heavy atom. The Kier molecular flexibility index (Phi) is 5.61. The van der Waals surface area contributed by atoms with Crippen molar-refractivity contribution in [2.24, 2.45) is 0 Å². The van der Waals surface area contributed by atoms with E-state index in [0.717, 1.165) is 16.1 Å². The smallest absolute Gasteiger partial charge is 0.301 e. The van der Waals surface area contributed by atoms with Crippen molar-refractivity contribution in [3.63, 3.8) is 0 Å². The quantitative estimate of drug-likeness (QED) is 0.355. The molecule has 0 saturated carbocycles. The molecule has 6 nitrogen and oxygen atoms in total. The van der Waals surface area contributed by atoms with Crippen molar-refractivity contribution in [3.05, 3.63) is 81.9 Å². The summed E-state index contributed by atoms with van der Waals surface area (Å²) >= 11 is 1.35. The van der Waals surface area contributed by atoms with Crippen molar-refractivity contribution in [1.29, 1.82) is 0 Å². The van der Waals surface area contributed by atoms with Crippen LogP contribution in [0.5, 0.6) is 5.75 Å². The van der Waals surface area contributed by atoms with Crippen LogP contribution in [0.3, 0.4) is 0 Å². The molecule has 4 rings (SSSR count). The molecular formula is C24H22N2O4S. The van der Waals surface area contributed by atoms with Gasteiger partial charge in [-0.2, -0.15) is 0 Å². The van der Waals surface area contributed by atoms with Crippen LogP contribution < -0.4 is 9.64 Å². The van der Waals surface area contributed by atoms with Gasteiger partial charge in [0.05, 0.1) is 23.9 Å². The molecule has 1 aliphatic heterocycles. The summed E-state index contributed by atoms with van der Waals surface area (Å²) in [5, 5.41) is 11.5. The first-order chi connectivity index (χ1) is 14.9. The summed E-state index contributed by atoms with van der Waals surface area (Å²) in [6, 6.07) is 15.2. The molecule has 1 amide bonds. The number of aromatic nitrogens is 1. The van der Waals surface area contributed by atoms with Crippen LogP contribution in [0.1, 0.15) is 34.7 Å². The number of aryl methyl sites for hydroxylation is 2. The Labute approximate surface area is 184 Å². The summed E-state index contributed by atoms with van der Waals surface area (Å²) in [5.41, 5.74) is 2.01. The Bertz CT molecular complexity index is 1150. The van der Waals surface area contributed by atoms with E-state index in [0.29, 0.717) is 23.1 Å². The van der Waals surface area contributed by atoms with E-state index in [-0.39, 0.29) is 11.3 Å². The SMILES string of the molecule is CCOc1ccc(/C(O)=C2\C(=O)C(=O)N(c3nc(C)c(C)s3)C2c2ccccc2)cc1. The Morgan fingerprint density at radius 1 is 1.10 bits per heavy atom. The third kappa shape index (κ3) is 3.72. The van der Waals surface area contributed by atoms with E-state index < -0.39 is 17.7 Å². The van der Waals surface area contributed by atoms with Crippen LogP contribution in [0.15, 0.2) is 60.2 Å². The van der Waals surface area contributed by atoms with E-state index in [2.05, 4.69) is 4.98 Å². The number of nitrogens with zero attached hydrogens (tertiary/aromatic N) is 2.